The number of aliphatic hydroxyl groups excluding tert-OH is 1. The zero-order valence-electron chi connectivity index (χ0n) is 26.5. The van der Waals surface area contributed by atoms with Crippen LogP contribution in [-0.2, 0) is 22.5 Å². The van der Waals surface area contributed by atoms with E-state index in [1.54, 1.807) is 13.3 Å². The van der Waals surface area contributed by atoms with E-state index in [0.717, 1.165) is 70.7 Å². The summed E-state index contributed by atoms with van der Waals surface area (Å²) in [7, 11) is 1.69. The summed E-state index contributed by atoms with van der Waals surface area (Å²) in [4.78, 5) is 20.8. The SMILES string of the molecule is COCCCc1cc(CN(C(=O)C2=C(c3ccc(OCCOc4c(C)cccc4C)cc3)CCNC2CO)C2CC2)c(Cl)cn1. The van der Waals surface area contributed by atoms with Crippen molar-refractivity contribution in [2.45, 2.75) is 64.6 Å². The van der Waals surface area contributed by atoms with Gasteiger partial charge in [-0.1, -0.05) is 41.9 Å². The maximum Gasteiger partial charge on any atom is 0.252 e. The molecular weight excluding hydrogens is 590 g/mol. The Kier molecular flexibility index (Phi) is 11.5. The van der Waals surface area contributed by atoms with E-state index < -0.39 is 6.04 Å². The van der Waals surface area contributed by atoms with Crippen molar-refractivity contribution >= 4 is 23.1 Å². The molecule has 9 heteroatoms. The number of carbonyl (C=O) groups excluding carboxylic acids is 1. The number of pyridine rings is 1. The van der Waals surface area contributed by atoms with Gasteiger partial charge in [0.05, 0.1) is 17.7 Å². The molecule has 2 aromatic carbocycles. The molecule has 2 aliphatic rings. The van der Waals surface area contributed by atoms with Gasteiger partial charge >= 0.3 is 0 Å². The second kappa shape index (κ2) is 15.7. The highest BCUT2D eigenvalue weighted by atomic mass is 35.5. The van der Waals surface area contributed by atoms with Gasteiger partial charge in [0.1, 0.15) is 24.7 Å². The number of aromatic nitrogens is 1. The van der Waals surface area contributed by atoms with Crippen molar-refractivity contribution in [2.24, 2.45) is 0 Å². The number of aliphatic hydroxyl groups is 1. The van der Waals surface area contributed by atoms with Crippen LogP contribution < -0.4 is 14.8 Å². The number of carbonyl (C=O) groups is 1. The molecule has 0 saturated heterocycles. The molecule has 45 heavy (non-hydrogen) atoms. The lowest BCUT2D eigenvalue weighted by Gasteiger charge is -2.33. The molecule has 1 saturated carbocycles. The standard InChI is InChI=1S/C36H44ClN3O5/c1-24-6-4-7-25(2)35(24)45-19-18-44-30-13-9-26(10-14-30)31-15-16-38-33(23-41)34(31)36(42)40(29-11-12-29)22-27-20-28(8-5-17-43-3)39-21-32(27)37/h4,6-7,9-10,13-14,20-21,29,33,38,41H,5,8,11-12,15-19,22-23H2,1-3H3. The number of amides is 1. The third-order valence-corrected chi connectivity index (χ3v) is 8.76. The van der Waals surface area contributed by atoms with Crippen molar-refractivity contribution in [2.75, 3.05) is 40.1 Å². The van der Waals surface area contributed by atoms with Crippen LogP contribution in [0.4, 0.5) is 0 Å². The Bertz CT molecular complexity index is 1470. The minimum atomic E-state index is -0.446. The summed E-state index contributed by atoms with van der Waals surface area (Å²) in [5, 5.41) is 14.2. The topological polar surface area (TPSA) is 93.2 Å². The third-order valence-electron chi connectivity index (χ3n) is 8.42. The Hall–Kier alpha value is -3.43. The Morgan fingerprint density at radius 3 is 2.49 bits per heavy atom. The Morgan fingerprint density at radius 2 is 1.80 bits per heavy atom. The van der Waals surface area contributed by atoms with E-state index in [0.29, 0.717) is 49.9 Å². The number of hydrogen-bond donors (Lipinski definition) is 2. The van der Waals surface area contributed by atoms with Crippen molar-refractivity contribution < 1.29 is 24.1 Å². The molecule has 2 N–H and O–H groups in total. The molecule has 3 aromatic rings. The van der Waals surface area contributed by atoms with Gasteiger partial charge in [-0.25, -0.2) is 0 Å². The number of nitrogens with one attached hydrogen (secondary N) is 1. The second-order valence-corrected chi connectivity index (χ2v) is 12.2. The van der Waals surface area contributed by atoms with Gasteiger partial charge < -0.3 is 29.5 Å². The van der Waals surface area contributed by atoms with Crippen LogP contribution in [0.5, 0.6) is 11.5 Å². The van der Waals surface area contributed by atoms with Crippen LogP contribution >= 0.6 is 11.6 Å². The first-order valence-electron chi connectivity index (χ1n) is 15.8. The van der Waals surface area contributed by atoms with Crippen LogP contribution in [0.3, 0.4) is 0 Å². The lowest BCUT2D eigenvalue weighted by molar-refractivity contribution is -0.128. The quantitative estimate of drug-likeness (QED) is 0.208. The Balaban J connectivity index is 1.31. The van der Waals surface area contributed by atoms with Gasteiger partial charge in [0.25, 0.3) is 5.91 Å². The average molecular weight is 634 g/mol. The first-order chi connectivity index (χ1) is 21.9. The highest BCUT2D eigenvalue weighted by Gasteiger charge is 2.38. The summed E-state index contributed by atoms with van der Waals surface area (Å²) in [6.45, 7) is 6.50. The minimum absolute atomic E-state index is 0.0588. The molecule has 240 valence electrons. The fourth-order valence-corrected chi connectivity index (χ4v) is 6.07. The van der Waals surface area contributed by atoms with Gasteiger partial charge in [0.15, 0.2) is 0 Å². The summed E-state index contributed by atoms with van der Waals surface area (Å²) in [5.74, 6) is 1.58. The second-order valence-electron chi connectivity index (χ2n) is 11.8. The lowest BCUT2D eigenvalue weighted by Crippen LogP contribution is -2.46. The van der Waals surface area contributed by atoms with E-state index in [-0.39, 0.29) is 18.6 Å². The first kappa shape index (κ1) is 32.9. The van der Waals surface area contributed by atoms with Gasteiger partial charge in [0.2, 0.25) is 0 Å². The molecule has 1 amide bonds. The lowest BCUT2D eigenvalue weighted by atomic mass is 9.88. The number of halogens is 1. The predicted octanol–water partition coefficient (Wildman–Crippen LogP) is 5.69. The normalized spacial score (nSPS) is 16.5. The molecule has 0 bridgehead atoms. The molecule has 8 nitrogen and oxygen atoms in total. The van der Waals surface area contributed by atoms with Gasteiger partial charge in [-0.3, -0.25) is 9.78 Å². The maximum absolute atomic E-state index is 14.4. The molecule has 1 fully saturated rings. The average Bonchev–Trinajstić information content (AvgIpc) is 3.89. The molecule has 1 atom stereocenters. The number of ether oxygens (including phenoxy) is 3. The van der Waals surface area contributed by atoms with Crippen LogP contribution in [0, 0.1) is 13.8 Å². The molecular formula is C36H44ClN3O5. The van der Waals surface area contributed by atoms with Gasteiger partial charge in [-0.2, -0.15) is 0 Å². The maximum atomic E-state index is 14.4. The highest BCUT2D eigenvalue weighted by Crippen LogP contribution is 2.35. The number of rotatable bonds is 15. The summed E-state index contributed by atoms with van der Waals surface area (Å²) in [6, 6.07) is 15.7. The van der Waals surface area contributed by atoms with Crippen molar-refractivity contribution in [3.63, 3.8) is 0 Å². The molecule has 1 aromatic heterocycles. The van der Waals surface area contributed by atoms with Crippen LogP contribution in [0.25, 0.3) is 5.57 Å². The molecule has 1 aliphatic heterocycles. The number of para-hydroxylation sites is 1. The van der Waals surface area contributed by atoms with Crippen molar-refractivity contribution in [1.82, 2.24) is 15.2 Å². The molecule has 0 radical (unpaired) electrons. The molecule has 2 heterocycles. The fourth-order valence-electron chi connectivity index (χ4n) is 5.91. The van der Waals surface area contributed by atoms with Gasteiger partial charge in [-0.15, -0.1) is 0 Å². The summed E-state index contributed by atoms with van der Waals surface area (Å²) in [6.07, 6.45) is 5.90. The summed E-state index contributed by atoms with van der Waals surface area (Å²) >= 11 is 6.59. The number of aryl methyl sites for hydroxylation is 3. The number of methoxy groups -OCH3 is 1. The van der Waals surface area contributed by atoms with E-state index in [2.05, 4.69) is 10.3 Å². The fraction of sp³-hybridized carbons (Fsp3) is 0.444. The smallest absolute Gasteiger partial charge is 0.252 e. The van der Waals surface area contributed by atoms with Crippen LogP contribution in [-0.4, -0.2) is 73.1 Å². The monoisotopic (exact) mass is 633 g/mol. The molecule has 5 rings (SSSR count). The van der Waals surface area contributed by atoms with Crippen LogP contribution in [0.15, 0.2) is 60.3 Å². The van der Waals surface area contributed by atoms with Crippen LogP contribution in [0.2, 0.25) is 5.02 Å². The highest BCUT2D eigenvalue weighted by molar-refractivity contribution is 6.31. The predicted molar refractivity (Wildman–Crippen MR) is 177 cm³/mol. The molecule has 1 unspecified atom stereocenters. The molecule has 0 spiro atoms. The van der Waals surface area contributed by atoms with Crippen molar-refractivity contribution in [1.29, 1.82) is 0 Å². The zero-order chi connectivity index (χ0) is 31.8. The number of hydrogen-bond acceptors (Lipinski definition) is 7. The molecule has 1 aliphatic carbocycles. The minimum Gasteiger partial charge on any atom is -0.490 e. The van der Waals surface area contributed by atoms with E-state index in [4.69, 9.17) is 25.8 Å². The van der Waals surface area contributed by atoms with E-state index >= 15 is 0 Å². The number of nitrogens with zero attached hydrogens (tertiary/aromatic N) is 2. The van der Waals surface area contributed by atoms with Crippen molar-refractivity contribution in [3.05, 3.63) is 93.3 Å². The van der Waals surface area contributed by atoms with E-state index in [1.807, 2.05) is 67.3 Å². The van der Waals surface area contributed by atoms with E-state index in [9.17, 15) is 9.90 Å². The first-order valence-corrected chi connectivity index (χ1v) is 16.2. The van der Waals surface area contributed by atoms with Crippen LogP contribution in [0.1, 0.15) is 53.6 Å². The van der Waals surface area contributed by atoms with Gasteiger partial charge in [0, 0.05) is 43.8 Å². The summed E-state index contributed by atoms with van der Waals surface area (Å²) in [5.41, 5.74) is 6.55. The summed E-state index contributed by atoms with van der Waals surface area (Å²) < 4.78 is 17.1. The largest absolute Gasteiger partial charge is 0.490 e. The van der Waals surface area contributed by atoms with E-state index in [1.165, 1.54) is 0 Å². The van der Waals surface area contributed by atoms with Gasteiger partial charge in [-0.05, 0) is 98.5 Å². The zero-order valence-corrected chi connectivity index (χ0v) is 27.2. The number of benzene rings is 2. The Labute approximate surface area is 271 Å². The third kappa shape index (κ3) is 8.44. The Morgan fingerprint density at radius 1 is 1.07 bits per heavy atom. The van der Waals surface area contributed by atoms with Crippen molar-refractivity contribution in [3.8, 4) is 11.5 Å².